The van der Waals surface area contributed by atoms with Crippen molar-refractivity contribution in [1.82, 2.24) is 0 Å². The van der Waals surface area contributed by atoms with Gasteiger partial charge in [-0.1, -0.05) is 0 Å². The first kappa shape index (κ1) is 12.7. The van der Waals surface area contributed by atoms with Gasteiger partial charge in [0.15, 0.2) is 5.75 Å². The highest BCUT2D eigenvalue weighted by atomic mass is 16.6. The summed E-state index contributed by atoms with van der Waals surface area (Å²) in [5.41, 5.74) is 0.179. The molecule has 0 aliphatic heterocycles. The third kappa shape index (κ3) is 3.61. The van der Waals surface area contributed by atoms with Crippen LogP contribution in [0.25, 0.3) is 0 Å². The molecule has 0 spiro atoms. The van der Waals surface area contributed by atoms with Crippen LogP contribution in [0.15, 0.2) is 18.2 Å². The highest BCUT2D eigenvalue weighted by molar-refractivity contribution is 5.76. The van der Waals surface area contributed by atoms with Crippen LogP contribution < -0.4 is 4.74 Å². The fraction of sp³-hybridized carbons (Fsp3) is 0.250. The van der Waals surface area contributed by atoms with E-state index in [1.54, 1.807) is 0 Å². The van der Waals surface area contributed by atoms with Crippen LogP contribution in [0.5, 0.6) is 5.75 Å². The molecule has 5 nitrogen and oxygen atoms in total. The number of nitro groups is 1. The van der Waals surface area contributed by atoms with E-state index in [-0.39, 0.29) is 18.0 Å². The zero-order valence-corrected chi connectivity index (χ0v) is 9.09. The molecule has 1 aromatic carbocycles. The van der Waals surface area contributed by atoms with Gasteiger partial charge in [0.2, 0.25) is 0 Å². The molecule has 0 aromatic heterocycles. The van der Waals surface area contributed by atoms with Crippen molar-refractivity contribution < 1.29 is 14.5 Å². The lowest BCUT2D eigenvalue weighted by molar-refractivity contribution is -0.385. The van der Waals surface area contributed by atoms with E-state index in [9.17, 15) is 14.9 Å². The largest absolute Gasteiger partial charge is 0.487 e. The van der Waals surface area contributed by atoms with Crippen LogP contribution in [0.4, 0.5) is 5.69 Å². The Hall–Kier alpha value is -2.35. The Bertz CT molecular complexity index is 462. The molecule has 0 aliphatic carbocycles. The monoisotopic (exact) mass is 233 g/mol. The van der Waals surface area contributed by atoms with Crippen molar-refractivity contribution in [3.8, 4) is 18.1 Å². The lowest BCUT2D eigenvalue weighted by Crippen LogP contribution is -2.01. The minimum Gasteiger partial charge on any atom is -0.487 e. The van der Waals surface area contributed by atoms with Gasteiger partial charge >= 0.3 is 5.69 Å². The van der Waals surface area contributed by atoms with Gasteiger partial charge in [0.05, 0.1) is 11.5 Å². The second-order valence-electron chi connectivity index (χ2n) is 3.26. The lowest BCUT2D eigenvalue weighted by Gasteiger charge is -2.06. The summed E-state index contributed by atoms with van der Waals surface area (Å²) in [6.07, 6.45) is 6.83. The summed E-state index contributed by atoms with van der Waals surface area (Å²) >= 11 is 0. The molecule has 0 saturated heterocycles. The second kappa shape index (κ2) is 6.28. The van der Waals surface area contributed by atoms with Gasteiger partial charge in [0.1, 0.15) is 6.29 Å². The fourth-order valence-electron chi connectivity index (χ4n) is 1.23. The summed E-state index contributed by atoms with van der Waals surface area (Å²) in [5.74, 6) is 2.54. The van der Waals surface area contributed by atoms with Crippen molar-refractivity contribution in [2.24, 2.45) is 0 Å². The maximum atomic E-state index is 10.7. The number of hydrogen-bond donors (Lipinski definition) is 0. The number of aldehydes is 1. The molecule has 1 aromatic rings. The predicted octanol–water partition coefficient (Wildman–Crippen LogP) is 2.20. The predicted molar refractivity (Wildman–Crippen MR) is 62.0 cm³/mol. The standard InChI is InChI=1S/C12H11NO4/c1-2-3-4-7-17-12-8-10(9-14)5-6-11(12)13(15)16/h1,5-6,8-9H,3-4,7H2. The molecule has 0 fully saturated rings. The van der Waals surface area contributed by atoms with Gasteiger partial charge in [-0.2, -0.15) is 0 Å². The highest BCUT2D eigenvalue weighted by Crippen LogP contribution is 2.27. The van der Waals surface area contributed by atoms with E-state index in [1.807, 2.05) is 0 Å². The highest BCUT2D eigenvalue weighted by Gasteiger charge is 2.15. The summed E-state index contributed by atoms with van der Waals surface area (Å²) in [7, 11) is 0. The Morgan fingerprint density at radius 3 is 2.88 bits per heavy atom. The Morgan fingerprint density at radius 1 is 1.53 bits per heavy atom. The third-order valence-electron chi connectivity index (χ3n) is 2.04. The van der Waals surface area contributed by atoms with Crippen molar-refractivity contribution >= 4 is 12.0 Å². The zero-order chi connectivity index (χ0) is 12.7. The Morgan fingerprint density at radius 2 is 2.29 bits per heavy atom. The molecule has 88 valence electrons. The number of terminal acetylenes is 1. The van der Waals surface area contributed by atoms with Crippen LogP contribution >= 0.6 is 0 Å². The molecule has 0 saturated carbocycles. The average Bonchev–Trinajstić information content (AvgIpc) is 2.34. The van der Waals surface area contributed by atoms with E-state index in [0.717, 1.165) is 0 Å². The van der Waals surface area contributed by atoms with E-state index >= 15 is 0 Å². The van der Waals surface area contributed by atoms with Crippen LogP contribution in [0, 0.1) is 22.5 Å². The van der Waals surface area contributed by atoms with Gasteiger partial charge in [-0.05, 0) is 18.6 Å². The molecule has 1 rings (SSSR count). The number of carbonyl (C=O) groups is 1. The van der Waals surface area contributed by atoms with Crippen LogP contribution in [-0.2, 0) is 0 Å². The smallest absolute Gasteiger partial charge is 0.310 e. The number of nitrogens with zero attached hydrogens (tertiary/aromatic N) is 1. The van der Waals surface area contributed by atoms with E-state index in [4.69, 9.17) is 11.2 Å². The topological polar surface area (TPSA) is 69.4 Å². The molecule has 0 amide bonds. The van der Waals surface area contributed by atoms with Crippen molar-refractivity contribution in [2.75, 3.05) is 6.61 Å². The number of carbonyl (C=O) groups excluding carboxylic acids is 1. The number of benzene rings is 1. The molecule has 0 aliphatic rings. The van der Waals surface area contributed by atoms with Gasteiger partial charge in [0.25, 0.3) is 0 Å². The van der Waals surface area contributed by atoms with Crippen molar-refractivity contribution in [3.63, 3.8) is 0 Å². The quantitative estimate of drug-likeness (QED) is 0.248. The molecule has 0 heterocycles. The summed E-state index contributed by atoms with van der Waals surface area (Å²) in [6, 6.07) is 3.97. The van der Waals surface area contributed by atoms with Gasteiger partial charge in [0, 0.05) is 18.1 Å². The SMILES string of the molecule is C#CCCCOc1cc(C=O)ccc1[N+](=O)[O-]. The van der Waals surface area contributed by atoms with Crippen molar-refractivity contribution in [1.29, 1.82) is 0 Å². The maximum Gasteiger partial charge on any atom is 0.310 e. The lowest BCUT2D eigenvalue weighted by atomic mass is 10.2. The summed E-state index contributed by atoms with van der Waals surface area (Å²) in [5, 5.41) is 10.7. The molecular weight excluding hydrogens is 222 g/mol. The average molecular weight is 233 g/mol. The van der Waals surface area contributed by atoms with E-state index < -0.39 is 4.92 Å². The second-order valence-corrected chi connectivity index (χ2v) is 3.26. The maximum absolute atomic E-state index is 10.7. The molecule has 17 heavy (non-hydrogen) atoms. The minimum absolute atomic E-state index is 0.0941. The van der Waals surface area contributed by atoms with Crippen molar-refractivity contribution in [2.45, 2.75) is 12.8 Å². The first-order chi connectivity index (χ1) is 8.19. The van der Waals surface area contributed by atoms with Gasteiger partial charge in [-0.3, -0.25) is 14.9 Å². The van der Waals surface area contributed by atoms with E-state index in [2.05, 4.69) is 5.92 Å². The molecule has 0 N–H and O–H groups in total. The Balaban J connectivity index is 2.82. The summed E-state index contributed by atoms with van der Waals surface area (Å²) < 4.78 is 5.25. The van der Waals surface area contributed by atoms with Crippen LogP contribution in [0.3, 0.4) is 0 Å². The molecule has 5 heteroatoms. The normalized spacial score (nSPS) is 9.35. The molecule has 0 unspecified atom stereocenters. The first-order valence-corrected chi connectivity index (χ1v) is 4.99. The fourth-order valence-corrected chi connectivity index (χ4v) is 1.23. The Kier molecular flexibility index (Phi) is 4.70. The minimum atomic E-state index is -0.550. The number of nitro benzene ring substituents is 1. The molecular formula is C12H11NO4. The first-order valence-electron chi connectivity index (χ1n) is 4.99. The van der Waals surface area contributed by atoms with Crippen LogP contribution in [0.2, 0.25) is 0 Å². The third-order valence-corrected chi connectivity index (χ3v) is 2.04. The number of hydrogen-bond acceptors (Lipinski definition) is 4. The van der Waals surface area contributed by atoms with Crippen molar-refractivity contribution in [3.05, 3.63) is 33.9 Å². The van der Waals surface area contributed by atoms with Gasteiger partial charge < -0.3 is 4.74 Å². The molecule has 0 bridgehead atoms. The zero-order valence-electron chi connectivity index (χ0n) is 9.09. The molecule has 0 atom stereocenters. The van der Waals surface area contributed by atoms with Crippen LogP contribution in [-0.4, -0.2) is 17.8 Å². The number of unbranched alkanes of at least 4 members (excludes halogenated alkanes) is 1. The van der Waals surface area contributed by atoms with E-state index in [0.29, 0.717) is 24.7 Å². The Labute approximate surface area is 98.5 Å². The van der Waals surface area contributed by atoms with Crippen LogP contribution in [0.1, 0.15) is 23.2 Å². The van der Waals surface area contributed by atoms with Gasteiger partial charge in [-0.25, -0.2) is 0 Å². The van der Waals surface area contributed by atoms with E-state index in [1.165, 1.54) is 18.2 Å². The summed E-state index contributed by atoms with van der Waals surface area (Å²) in [4.78, 5) is 20.7. The molecule has 0 radical (unpaired) electrons. The number of rotatable bonds is 6. The number of ether oxygens (including phenoxy) is 1. The van der Waals surface area contributed by atoms with Gasteiger partial charge in [-0.15, -0.1) is 12.3 Å². The summed E-state index contributed by atoms with van der Waals surface area (Å²) in [6.45, 7) is 0.285.